The van der Waals surface area contributed by atoms with Crippen molar-refractivity contribution in [3.63, 3.8) is 0 Å². The predicted molar refractivity (Wildman–Crippen MR) is 62.7 cm³/mol. The van der Waals surface area contributed by atoms with E-state index in [0.717, 1.165) is 37.1 Å². The monoisotopic (exact) mass is 206 g/mol. The zero-order valence-electron chi connectivity index (χ0n) is 8.82. The highest BCUT2D eigenvalue weighted by Crippen LogP contribution is 2.22. The fourth-order valence-electron chi connectivity index (χ4n) is 2.04. The standard InChI is InChI=1S/C12H18N2O/c13-9-1-3-10(4-2-9)14-11-5-7-12(15)8-6-11/h1-4,11-12,14-15H,5-8,13H2. The third-order valence-electron chi connectivity index (χ3n) is 2.98. The molecule has 1 aliphatic rings. The van der Waals surface area contributed by atoms with Gasteiger partial charge in [0.2, 0.25) is 0 Å². The second-order valence-corrected chi connectivity index (χ2v) is 4.27. The SMILES string of the molecule is Nc1ccc(NC2CCC(O)CC2)cc1. The highest BCUT2D eigenvalue weighted by Gasteiger charge is 2.18. The van der Waals surface area contributed by atoms with Crippen LogP contribution in [0.3, 0.4) is 0 Å². The molecule has 0 aliphatic heterocycles. The Hall–Kier alpha value is -1.22. The van der Waals surface area contributed by atoms with Crippen LogP contribution in [0.1, 0.15) is 25.7 Å². The molecular weight excluding hydrogens is 188 g/mol. The smallest absolute Gasteiger partial charge is 0.0541 e. The first kappa shape index (κ1) is 10.3. The minimum atomic E-state index is -0.0885. The van der Waals surface area contributed by atoms with Crippen LogP contribution in [0.5, 0.6) is 0 Å². The van der Waals surface area contributed by atoms with Crippen LogP contribution in [-0.4, -0.2) is 17.3 Å². The first-order valence-corrected chi connectivity index (χ1v) is 5.54. The third kappa shape index (κ3) is 2.86. The van der Waals surface area contributed by atoms with Crippen molar-refractivity contribution >= 4 is 11.4 Å². The molecule has 1 fully saturated rings. The number of benzene rings is 1. The van der Waals surface area contributed by atoms with E-state index in [1.165, 1.54) is 0 Å². The summed E-state index contributed by atoms with van der Waals surface area (Å²) in [6.45, 7) is 0. The van der Waals surface area contributed by atoms with Gasteiger partial charge >= 0.3 is 0 Å². The Bertz CT molecular complexity index is 302. The fourth-order valence-corrected chi connectivity index (χ4v) is 2.04. The van der Waals surface area contributed by atoms with Crippen LogP contribution in [-0.2, 0) is 0 Å². The lowest BCUT2D eigenvalue weighted by atomic mass is 9.93. The van der Waals surface area contributed by atoms with Crippen LogP contribution >= 0.6 is 0 Å². The van der Waals surface area contributed by atoms with Crippen molar-refractivity contribution < 1.29 is 5.11 Å². The van der Waals surface area contributed by atoms with E-state index in [2.05, 4.69) is 5.32 Å². The first-order chi connectivity index (χ1) is 7.24. The van der Waals surface area contributed by atoms with Gasteiger partial charge in [0, 0.05) is 17.4 Å². The van der Waals surface area contributed by atoms with Gasteiger partial charge in [-0.3, -0.25) is 0 Å². The number of nitrogens with one attached hydrogen (secondary N) is 1. The van der Waals surface area contributed by atoms with Crippen LogP contribution in [0.15, 0.2) is 24.3 Å². The van der Waals surface area contributed by atoms with Gasteiger partial charge in [-0.25, -0.2) is 0 Å². The van der Waals surface area contributed by atoms with Gasteiger partial charge in [-0.15, -0.1) is 0 Å². The van der Waals surface area contributed by atoms with Crippen molar-refractivity contribution in [3.8, 4) is 0 Å². The van der Waals surface area contributed by atoms with Crippen LogP contribution in [0.2, 0.25) is 0 Å². The maximum absolute atomic E-state index is 9.39. The Morgan fingerprint density at radius 1 is 1.07 bits per heavy atom. The summed E-state index contributed by atoms with van der Waals surface area (Å²) in [6.07, 6.45) is 3.82. The average Bonchev–Trinajstić information content (AvgIpc) is 2.25. The molecular formula is C12H18N2O. The van der Waals surface area contributed by atoms with E-state index < -0.39 is 0 Å². The zero-order valence-corrected chi connectivity index (χ0v) is 8.82. The molecule has 4 N–H and O–H groups in total. The van der Waals surface area contributed by atoms with Crippen LogP contribution in [0.4, 0.5) is 11.4 Å². The van der Waals surface area contributed by atoms with E-state index in [4.69, 9.17) is 5.73 Å². The molecule has 0 bridgehead atoms. The first-order valence-electron chi connectivity index (χ1n) is 5.54. The van der Waals surface area contributed by atoms with Gasteiger partial charge in [-0.1, -0.05) is 0 Å². The van der Waals surface area contributed by atoms with Crippen LogP contribution in [0, 0.1) is 0 Å². The number of nitrogens with two attached hydrogens (primary N) is 1. The molecule has 1 aliphatic carbocycles. The Labute approximate surface area is 90.3 Å². The van der Waals surface area contributed by atoms with Crippen molar-refractivity contribution in [1.82, 2.24) is 0 Å². The van der Waals surface area contributed by atoms with Crippen molar-refractivity contribution in [1.29, 1.82) is 0 Å². The summed E-state index contributed by atoms with van der Waals surface area (Å²) in [4.78, 5) is 0. The van der Waals surface area contributed by atoms with Gasteiger partial charge in [0.25, 0.3) is 0 Å². The molecule has 0 aromatic heterocycles. The van der Waals surface area contributed by atoms with Gasteiger partial charge in [0.1, 0.15) is 0 Å². The minimum absolute atomic E-state index is 0.0885. The molecule has 0 atom stereocenters. The minimum Gasteiger partial charge on any atom is -0.399 e. The molecule has 0 unspecified atom stereocenters. The Balaban J connectivity index is 1.89. The van der Waals surface area contributed by atoms with Crippen molar-refractivity contribution in [2.45, 2.75) is 37.8 Å². The molecule has 0 spiro atoms. The number of rotatable bonds is 2. The summed E-state index contributed by atoms with van der Waals surface area (Å²) in [5, 5.41) is 12.8. The van der Waals surface area contributed by atoms with E-state index in [1.54, 1.807) is 0 Å². The molecule has 82 valence electrons. The summed E-state index contributed by atoms with van der Waals surface area (Å²) < 4.78 is 0. The van der Waals surface area contributed by atoms with Gasteiger partial charge in [0.05, 0.1) is 6.10 Å². The zero-order chi connectivity index (χ0) is 10.7. The topological polar surface area (TPSA) is 58.3 Å². The Morgan fingerprint density at radius 2 is 1.67 bits per heavy atom. The number of hydrogen-bond donors (Lipinski definition) is 3. The van der Waals surface area contributed by atoms with E-state index in [0.29, 0.717) is 6.04 Å². The van der Waals surface area contributed by atoms with Crippen molar-refractivity contribution in [2.75, 3.05) is 11.1 Å². The van der Waals surface area contributed by atoms with E-state index in [9.17, 15) is 5.11 Å². The van der Waals surface area contributed by atoms with Crippen LogP contribution in [0.25, 0.3) is 0 Å². The average molecular weight is 206 g/mol. The third-order valence-corrected chi connectivity index (χ3v) is 2.98. The van der Waals surface area contributed by atoms with E-state index in [1.807, 2.05) is 24.3 Å². The summed E-state index contributed by atoms with van der Waals surface area (Å²) in [7, 11) is 0. The molecule has 2 rings (SSSR count). The largest absolute Gasteiger partial charge is 0.399 e. The molecule has 15 heavy (non-hydrogen) atoms. The van der Waals surface area contributed by atoms with Gasteiger partial charge in [0.15, 0.2) is 0 Å². The van der Waals surface area contributed by atoms with E-state index >= 15 is 0 Å². The lowest BCUT2D eigenvalue weighted by Crippen LogP contribution is -2.28. The predicted octanol–water partition coefficient (Wildman–Crippen LogP) is 1.98. The number of nitrogen functional groups attached to an aromatic ring is 1. The molecule has 0 radical (unpaired) electrons. The quantitative estimate of drug-likeness (QED) is 0.648. The maximum Gasteiger partial charge on any atom is 0.0541 e. The fraction of sp³-hybridized carbons (Fsp3) is 0.500. The highest BCUT2D eigenvalue weighted by atomic mass is 16.3. The van der Waals surface area contributed by atoms with Crippen molar-refractivity contribution in [2.24, 2.45) is 0 Å². The highest BCUT2D eigenvalue weighted by molar-refractivity contribution is 5.51. The molecule has 3 heteroatoms. The second kappa shape index (κ2) is 4.53. The van der Waals surface area contributed by atoms with Crippen LogP contribution < -0.4 is 11.1 Å². The van der Waals surface area contributed by atoms with Gasteiger partial charge in [-0.2, -0.15) is 0 Å². The Morgan fingerprint density at radius 3 is 2.27 bits per heavy atom. The number of anilines is 2. The lowest BCUT2D eigenvalue weighted by Gasteiger charge is -2.27. The molecule has 0 saturated heterocycles. The summed E-state index contributed by atoms with van der Waals surface area (Å²) >= 11 is 0. The maximum atomic E-state index is 9.39. The normalized spacial score (nSPS) is 26.2. The summed E-state index contributed by atoms with van der Waals surface area (Å²) in [6, 6.07) is 8.30. The number of aliphatic hydroxyl groups is 1. The molecule has 0 heterocycles. The van der Waals surface area contributed by atoms with Gasteiger partial charge < -0.3 is 16.2 Å². The number of hydrogen-bond acceptors (Lipinski definition) is 3. The molecule has 1 aromatic rings. The molecule has 1 aromatic carbocycles. The summed E-state index contributed by atoms with van der Waals surface area (Å²) in [5.41, 5.74) is 7.52. The lowest BCUT2D eigenvalue weighted by molar-refractivity contribution is 0.126. The van der Waals surface area contributed by atoms with Gasteiger partial charge in [-0.05, 0) is 49.9 Å². The molecule has 3 nitrogen and oxygen atoms in total. The number of aliphatic hydroxyl groups excluding tert-OH is 1. The summed E-state index contributed by atoms with van der Waals surface area (Å²) in [5.74, 6) is 0. The second-order valence-electron chi connectivity index (χ2n) is 4.27. The Kier molecular flexibility index (Phi) is 3.11. The molecule has 0 amide bonds. The van der Waals surface area contributed by atoms with Crippen molar-refractivity contribution in [3.05, 3.63) is 24.3 Å². The molecule has 1 saturated carbocycles. The van der Waals surface area contributed by atoms with E-state index in [-0.39, 0.29) is 6.10 Å².